The van der Waals surface area contributed by atoms with E-state index in [1.807, 2.05) is 24.3 Å². The molecule has 1 fully saturated rings. The highest BCUT2D eigenvalue weighted by atomic mass is 16.5. The molecule has 1 atom stereocenters. The maximum atomic E-state index is 11.8. The van der Waals surface area contributed by atoms with Gasteiger partial charge in [0.15, 0.2) is 0 Å². The summed E-state index contributed by atoms with van der Waals surface area (Å²) in [6.45, 7) is 2.61. The molecule has 1 saturated heterocycles. The average molecular weight is 278 g/mol. The van der Waals surface area contributed by atoms with Crippen LogP contribution in [0.3, 0.4) is 0 Å². The van der Waals surface area contributed by atoms with Crippen LogP contribution in [0.25, 0.3) is 0 Å². The number of amides is 1. The molecule has 0 saturated carbocycles. The number of nitrogens with one attached hydrogen (secondary N) is 1. The monoisotopic (exact) mass is 278 g/mol. The quantitative estimate of drug-likeness (QED) is 0.797. The van der Waals surface area contributed by atoms with Crippen molar-refractivity contribution in [1.29, 1.82) is 0 Å². The number of carbonyl (C=O) groups excluding carboxylic acids is 1. The van der Waals surface area contributed by atoms with Crippen molar-refractivity contribution in [1.82, 2.24) is 0 Å². The number of benzene rings is 1. The first-order chi connectivity index (χ1) is 9.78. The van der Waals surface area contributed by atoms with Crippen LogP contribution in [0.2, 0.25) is 0 Å². The Kier molecular flexibility index (Phi) is 5.83. The van der Waals surface area contributed by atoms with E-state index in [-0.39, 0.29) is 5.91 Å². The van der Waals surface area contributed by atoms with E-state index in [1.165, 1.54) is 0 Å². The van der Waals surface area contributed by atoms with E-state index in [0.717, 1.165) is 37.5 Å². The van der Waals surface area contributed by atoms with Crippen LogP contribution in [0.4, 0.5) is 5.69 Å². The molecule has 20 heavy (non-hydrogen) atoms. The van der Waals surface area contributed by atoms with E-state index in [2.05, 4.69) is 5.32 Å². The van der Waals surface area contributed by atoms with Crippen molar-refractivity contribution in [2.75, 3.05) is 31.7 Å². The molecule has 5 heteroatoms. The first-order valence-electron chi connectivity index (χ1n) is 7.08. The zero-order chi connectivity index (χ0) is 14.2. The van der Waals surface area contributed by atoms with E-state index in [4.69, 9.17) is 15.2 Å². The lowest BCUT2D eigenvalue weighted by Crippen LogP contribution is -2.13. The minimum absolute atomic E-state index is 0.0486. The van der Waals surface area contributed by atoms with E-state index < -0.39 is 0 Å². The van der Waals surface area contributed by atoms with Gasteiger partial charge in [-0.1, -0.05) is 0 Å². The highest BCUT2D eigenvalue weighted by Crippen LogP contribution is 2.19. The lowest BCUT2D eigenvalue weighted by molar-refractivity contribution is -0.116. The highest BCUT2D eigenvalue weighted by molar-refractivity contribution is 5.90. The second-order valence-corrected chi connectivity index (χ2v) is 4.98. The van der Waals surface area contributed by atoms with Crippen molar-refractivity contribution >= 4 is 11.6 Å². The predicted molar refractivity (Wildman–Crippen MR) is 77.8 cm³/mol. The van der Waals surface area contributed by atoms with Gasteiger partial charge in [-0.2, -0.15) is 0 Å². The van der Waals surface area contributed by atoms with Gasteiger partial charge in [0.05, 0.1) is 0 Å². The number of hydrogen-bond acceptors (Lipinski definition) is 4. The standard InChI is InChI=1S/C15H22N2O3/c16-8-10-20-14-4-2-13(3-5-14)17-15(18)6-1-12-7-9-19-11-12/h2-5,12H,1,6-11,16H2,(H,17,18). The summed E-state index contributed by atoms with van der Waals surface area (Å²) in [6, 6.07) is 7.33. The van der Waals surface area contributed by atoms with Crippen LogP contribution in [0, 0.1) is 5.92 Å². The molecule has 1 aromatic carbocycles. The Bertz CT molecular complexity index is 414. The molecule has 110 valence electrons. The molecule has 5 nitrogen and oxygen atoms in total. The minimum atomic E-state index is 0.0486. The maximum Gasteiger partial charge on any atom is 0.224 e. The Morgan fingerprint density at radius 3 is 2.85 bits per heavy atom. The van der Waals surface area contributed by atoms with Crippen LogP contribution in [0.15, 0.2) is 24.3 Å². The number of anilines is 1. The van der Waals surface area contributed by atoms with Gasteiger partial charge in [0.1, 0.15) is 12.4 Å². The lowest BCUT2D eigenvalue weighted by atomic mass is 10.0. The van der Waals surface area contributed by atoms with Crippen molar-refractivity contribution in [3.05, 3.63) is 24.3 Å². The Hall–Kier alpha value is -1.59. The fourth-order valence-corrected chi connectivity index (χ4v) is 2.18. The molecule has 1 heterocycles. The summed E-state index contributed by atoms with van der Waals surface area (Å²) >= 11 is 0. The zero-order valence-corrected chi connectivity index (χ0v) is 11.6. The Balaban J connectivity index is 1.72. The van der Waals surface area contributed by atoms with Gasteiger partial charge in [-0.05, 0) is 43.0 Å². The van der Waals surface area contributed by atoms with Gasteiger partial charge >= 0.3 is 0 Å². The van der Waals surface area contributed by atoms with Crippen molar-refractivity contribution in [3.8, 4) is 5.75 Å². The van der Waals surface area contributed by atoms with Crippen LogP contribution in [-0.2, 0) is 9.53 Å². The first-order valence-corrected chi connectivity index (χ1v) is 7.08. The molecule has 0 radical (unpaired) electrons. The summed E-state index contributed by atoms with van der Waals surface area (Å²) in [6.07, 6.45) is 2.50. The molecular formula is C15H22N2O3. The molecule has 2 rings (SSSR count). The van der Waals surface area contributed by atoms with E-state index in [9.17, 15) is 4.79 Å². The number of hydrogen-bond donors (Lipinski definition) is 2. The van der Waals surface area contributed by atoms with Gasteiger partial charge in [0.2, 0.25) is 5.91 Å². The normalized spacial score (nSPS) is 17.9. The number of carbonyl (C=O) groups is 1. The van der Waals surface area contributed by atoms with Gasteiger partial charge < -0.3 is 20.5 Å². The van der Waals surface area contributed by atoms with Gasteiger partial charge in [-0.15, -0.1) is 0 Å². The van der Waals surface area contributed by atoms with Gasteiger partial charge in [-0.25, -0.2) is 0 Å². The largest absolute Gasteiger partial charge is 0.492 e. The highest BCUT2D eigenvalue weighted by Gasteiger charge is 2.16. The molecule has 0 aromatic heterocycles. The summed E-state index contributed by atoms with van der Waals surface area (Å²) in [7, 11) is 0. The summed E-state index contributed by atoms with van der Waals surface area (Å²) < 4.78 is 10.7. The smallest absolute Gasteiger partial charge is 0.224 e. The van der Waals surface area contributed by atoms with Crippen molar-refractivity contribution in [2.24, 2.45) is 11.7 Å². The molecule has 3 N–H and O–H groups in total. The Morgan fingerprint density at radius 2 is 2.20 bits per heavy atom. The predicted octanol–water partition coefficient (Wildman–Crippen LogP) is 1.78. The Labute approximate surface area is 119 Å². The zero-order valence-electron chi connectivity index (χ0n) is 11.6. The summed E-state index contributed by atoms with van der Waals surface area (Å²) in [4.78, 5) is 11.8. The molecule has 0 bridgehead atoms. The second-order valence-electron chi connectivity index (χ2n) is 4.98. The molecular weight excluding hydrogens is 256 g/mol. The molecule has 1 aliphatic rings. The summed E-state index contributed by atoms with van der Waals surface area (Å²) in [5.74, 6) is 1.34. The summed E-state index contributed by atoms with van der Waals surface area (Å²) in [5.41, 5.74) is 6.16. The van der Waals surface area contributed by atoms with Gasteiger partial charge in [0.25, 0.3) is 0 Å². The van der Waals surface area contributed by atoms with E-state index >= 15 is 0 Å². The SMILES string of the molecule is NCCOc1ccc(NC(=O)CCC2CCOC2)cc1. The third-order valence-corrected chi connectivity index (χ3v) is 3.33. The van der Waals surface area contributed by atoms with Crippen molar-refractivity contribution < 1.29 is 14.3 Å². The maximum absolute atomic E-state index is 11.8. The third kappa shape index (κ3) is 4.83. The van der Waals surface area contributed by atoms with Gasteiger partial charge in [0, 0.05) is 31.9 Å². The fraction of sp³-hybridized carbons (Fsp3) is 0.533. The molecule has 1 aliphatic heterocycles. The fourth-order valence-electron chi connectivity index (χ4n) is 2.18. The summed E-state index contributed by atoms with van der Waals surface area (Å²) in [5, 5.41) is 2.89. The Morgan fingerprint density at radius 1 is 1.40 bits per heavy atom. The van der Waals surface area contributed by atoms with Gasteiger partial charge in [-0.3, -0.25) is 4.79 Å². The number of nitrogens with two attached hydrogens (primary N) is 1. The van der Waals surface area contributed by atoms with Crippen LogP contribution in [0.5, 0.6) is 5.75 Å². The molecule has 1 aromatic rings. The third-order valence-electron chi connectivity index (χ3n) is 3.33. The van der Waals surface area contributed by atoms with Crippen LogP contribution in [-0.4, -0.2) is 32.3 Å². The first kappa shape index (κ1) is 14.8. The topological polar surface area (TPSA) is 73.6 Å². The number of rotatable bonds is 7. The van der Waals surface area contributed by atoms with Crippen LogP contribution >= 0.6 is 0 Å². The molecule has 1 unspecified atom stereocenters. The minimum Gasteiger partial charge on any atom is -0.492 e. The molecule has 0 spiro atoms. The molecule has 1 amide bonds. The molecule has 0 aliphatic carbocycles. The van der Waals surface area contributed by atoms with Crippen LogP contribution in [0.1, 0.15) is 19.3 Å². The van der Waals surface area contributed by atoms with E-state index in [0.29, 0.717) is 25.5 Å². The van der Waals surface area contributed by atoms with Crippen molar-refractivity contribution in [2.45, 2.75) is 19.3 Å². The van der Waals surface area contributed by atoms with Crippen LogP contribution < -0.4 is 15.8 Å². The second kappa shape index (κ2) is 7.87. The average Bonchev–Trinajstić information content (AvgIpc) is 2.98. The number of ether oxygens (including phenoxy) is 2. The van der Waals surface area contributed by atoms with Crippen molar-refractivity contribution in [3.63, 3.8) is 0 Å². The lowest BCUT2D eigenvalue weighted by Gasteiger charge is -2.09. The van der Waals surface area contributed by atoms with E-state index in [1.54, 1.807) is 0 Å².